The maximum Gasteiger partial charge on any atom is 0.123 e. The molecular weight excluding hydrogens is 375 g/mol. The lowest BCUT2D eigenvalue weighted by atomic mass is 10.0. The Balaban J connectivity index is 1.98. The lowest BCUT2D eigenvalue weighted by molar-refractivity contribution is 0.139. The van der Waals surface area contributed by atoms with Crippen molar-refractivity contribution in [3.63, 3.8) is 0 Å². The molecule has 0 aliphatic rings. The molecule has 1 nitrogen and oxygen atoms in total. The molecule has 0 radical (unpaired) electrons. The number of halogens is 2. The fourth-order valence-electron chi connectivity index (χ4n) is 2.48. The van der Waals surface area contributed by atoms with Crippen molar-refractivity contribution in [3.8, 4) is 10.4 Å². The molecule has 0 bridgehead atoms. The minimum Gasteiger partial charge on any atom is -0.371 e. The zero-order valence-corrected chi connectivity index (χ0v) is 15.0. The number of hydrogen-bond acceptors (Lipinski definition) is 2. The molecule has 0 spiro atoms. The normalized spacial score (nSPS) is 12.9. The standard InChI is InChI=1S/C19H16BrFOS/c1-12-3-6-14(20)11-16(12)19(22-2)18-10-9-17(23-18)13-4-7-15(21)8-5-13/h3-11,19H,1-2H3/i2D. The van der Waals surface area contributed by atoms with Gasteiger partial charge in [-0.3, -0.25) is 0 Å². The van der Waals surface area contributed by atoms with E-state index in [2.05, 4.69) is 15.9 Å². The molecule has 23 heavy (non-hydrogen) atoms. The monoisotopic (exact) mass is 391 g/mol. The lowest BCUT2D eigenvalue weighted by Crippen LogP contribution is -2.03. The molecule has 0 N–H and O–H groups in total. The summed E-state index contributed by atoms with van der Waals surface area (Å²) in [5.41, 5.74) is 3.14. The number of aryl methyl sites for hydroxylation is 1. The highest BCUT2D eigenvalue weighted by atomic mass is 79.9. The Kier molecular flexibility index (Phi) is 4.55. The SMILES string of the molecule is [2H]COC(c1ccc(-c2ccc(F)cc2)s1)c1cc(Br)ccc1C. The minimum absolute atomic E-state index is 0.111. The molecule has 0 aliphatic heterocycles. The van der Waals surface area contributed by atoms with Crippen LogP contribution in [0.5, 0.6) is 0 Å². The summed E-state index contributed by atoms with van der Waals surface area (Å²) in [4.78, 5) is 2.08. The smallest absolute Gasteiger partial charge is 0.123 e. The molecule has 0 fully saturated rings. The Morgan fingerprint density at radius 3 is 2.65 bits per heavy atom. The number of hydrogen-bond donors (Lipinski definition) is 0. The summed E-state index contributed by atoms with van der Waals surface area (Å²) >= 11 is 5.11. The van der Waals surface area contributed by atoms with Gasteiger partial charge < -0.3 is 4.74 Å². The Bertz CT molecular complexity index is 832. The van der Waals surface area contributed by atoms with E-state index in [-0.39, 0.29) is 19.0 Å². The van der Waals surface area contributed by atoms with Gasteiger partial charge in [-0.05, 0) is 60.0 Å². The highest BCUT2D eigenvalue weighted by molar-refractivity contribution is 9.10. The van der Waals surface area contributed by atoms with Crippen molar-refractivity contribution in [1.29, 1.82) is 0 Å². The van der Waals surface area contributed by atoms with E-state index in [1.54, 1.807) is 23.5 Å². The van der Waals surface area contributed by atoms with Gasteiger partial charge in [-0.15, -0.1) is 11.3 Å². The molecular formula is C19H16BrFOS. The third kappa shape index (κ3) is 3.55. The predicted molar refractivity (Wildman–Crippen MR) is 97.4 cm³/mol. The maximum absolute atomic E-state index is 13.1. The highest BCUT2D eigenvalue weighted by Crippen LogP contribution is 2.37. The van der Waals surface area contributed by atoms with E-state index in [0.717, 1.165) is 30.9 Å². The number of benzene rings is 2. The molecule has 3 rings (SSSR count). The Labute approximate surface area is 149 Å². The third-order valence-electron chi connectivity index (χ3n) is 3.70. The zero-order chi connectivity index (χ0) is 17.1. The van der Waals surface area contributed by atoms with Gasteiger partial charge in [0.25, 0.3) is 0 Å². The predicted octanol–water partition coefficient (Wildman–Crippen LogP) is 6.36. The molecule has 2 aromatic carbocycles. The molecule has 0 saturated heterocycles. The largest absolute Gasteiger partial charge is 0.371 e. The van der Waals surface area contributed by atoms with Gasteiger partial charge in [-0.2, -0.15) is 0 Å². The van der Waals surface area contributed by atoms with E-state index in [0.29, 0.717) is 0 Å². The quantitative estimate of drug-likeness (QED) is 0.502. The van der Waals surface area contributed by atoms with Crippen LogP contribution in [0.15, 0.2) is 59.1 Å². The van der Waals surface area contributed by atoms with Gasteiger partial charge in [-0.1, -0.05) is 34.1 Å². The second-order valence-electron chi connectivity index (χ2n) is 5.26. The van der Waals surface area contributed by atoms with Crippen molar-refractivity contribution in [1.82, 2.24) is 0 Å². The number of methoxy groups -OCH3 is 1. The van der Waals surface area contributed by atoms with Gasteiger partial charge in [0.15, 0.2) is 0 Å². The van der Waals surface area contributed by atoms with Gasteiger partial charge in [0.05, 0.1) is 1.37 Å². The van der Waals surface area contributed by atoms with E-state index in [9.17, 15) is 4.39 Å². The summed E-state index contributed by atoms with van der Waals surface area (Å²) in [5, 5.41) is 0. The number of rotatable bonds is 4. The molecule has 1 heterocycles. The van der Waals surface area contributed by atoms with Crippen molar-refractivity contribution >= 4 is 27.3 Å². The summed E-state index contributed by atoms with van der Waals surface area (Å²) < 4.78 is 27.3. The van der Waals surface area contributed by atoms with Gasteiger partial charge in [-0.25, -0.2) is 4.39 Å². The summed E-state index contributed by atoms with van der Waals surface area (Å²) in [6.07, 6.45) is -0.279. The van der Waals surface area contributed by atoms with E-state index >= 15 is 0 Å². The third-order valence-corrected chi connectivity index (χ3v) is 5.38. The average Bonchev–Trinajstić information content (AvgIpc) is 3.05. The van der Waals surface area contributed by atoms with Crippen LogP contribution in [0.1, 0.15) is 23.5 Å². The van der Waals surface area contributed by atoms with E-state index in [1.165, 1.54) is 12.1 Å². The highest BCUT2D eigenvalue weighted by Gasteiger charge is 2.18. The van der Waals surface area contributed by atoms with Gasteiger partial charge in [0, 0.05) is 21.3 Å². The van der Waals surface area contributed by atoms with E-state index in [4.69, 9.17) is 6.11 Å². The first kappa shape index (κ1) is 15.1. The summed E-state index contributed by atoms with van der Waals surface area (Å²) in [6, 6.07) is 16.6. The zero-order valence-electron chi connectivity index (χ0n) is 13.6. The molecule has 0 saturated carbocycles. The van der Waals surface area contributed by atoms with Crippen molar-refractivity contribution in [2.45, 2.75) is 13.0 Å². The molecule has 3 aromatic rings. The van der Waals surface area contributed by atoms with Crippen LogP contribution in [0.2, 0.25) is 0 Å². The van der Waals surface area contributed by atoms with Crippen molar-refractivity contribution in [3.05, 3.63) is 80.9 Å². The number of ether oxygens (including phenoxy) is 1. The maximum atomic E-state index is 13.1. The topological polar surface area (TPSA) is 9.23 Å². The fourth-order valence-corrected chi connectivity index (χ4v) is 3.94. The van der Waals surface area contributed by atoms with E-state index in [1.807, 2.05) is 37.3 Å². The second-order valence-corrected chi connectivity index (χ2v) is 7.29. The molecule has 0 aliphatic carbocycles. The summed E-state index contributed by atoms with van der Waals surface area (Å²) in [7, 11) is -0.111. The van der Waals surface area contributed by atoms with Crippen molar-refractivity contribution in [2.75, 3.05) is 7.09 Å². The van der Waals surface area contributed by atoms with E-state index < -0.39 is 0 Å². The first-order valence-electron chi connectivity index (χ1n) is 7.82. The van der Waals surface area contributed by atoms with Crippen LogP contribution in [0.25, 0.3) is 10.4 Å². The Morgan fingerprint density at radius 2 is 1.91 bits per heavy atom. The van der Waals surface area contributed by atoms with Gasteiger partial charge >= 0.3 is 0 Å². The lowest BCUT2D eigenvalue weighted by Gasteiger charge is -2.17. The summed E-state index contributed by atoms with van der Waals surface area (Å²) in [6.45, 7) is 2.04. The van der Waals surface area contributed by atoms with Crippen LogP contribution in [-0.2, 0) is 4.74 Å². The van der Waals surface area contributed by atoms with Crippen LogP contribution in [0, 0.1) is 12.7 Å². The van der Waals surface area contributed by atoms with Crippen LogP contribution in [0.4, 0.5) is 4.39 Å². The average molecular weight is 392 g/mol. The fraction of sp³-hybridized carbons (Fsp3) is 0.158. The van der Waals surface area contributed by atoms with Crippen molar-refractivity contribution in [2.24, 2.45) is 0 Å². The van der Waals surface area contributed by atoms with Gasteiger partial charge in [0.1, 0.15) is 11.9 Å². The molecule has 1 atom stereocenters. The molecule has 1 unspecified atom stereocenters. The van der Waals surface area contributed by atoms with Gasteiger partial charge in [0.2, 0.25) is 0 Å². The minimum atomic E-state index is -0.279. The molecule has 1 aromatic heterocycles. The van der Waals surface area contributed by atoms with Crippen LogP contribution in [-0.4, -0.2) is 7.09 Å². The molecule has 118 valence electrons. The summed E-state index contributed by atoms with van der Waals surface area (Å²) in [5.74, 6) is -0.240. The number of thiophene rings is 1. The first-order valence-corrected chi connectivity index (χ1v) is 8.72. The molecule has 0 amide bonds. The Morgan fingerprint density at radius 1 is 1.13 bits per heavy atom. The van der Waals surface area contributed by atoms with Crippen molar-refractivity contribution < 1.29 is 10.5 Å². The van der Waals surface area contributed by atoms with Crippen LogP contribution in [0.3, 0.4) is 0 Å². The van der Waals surface area contributed by atoms with Crippen LogP contribution < -0.4 is 0 Å². The molecule has 4 heteroatoms. The second kappa shape index (κ2) is 6.95. The Hall–Kier alpha value is -1.49. The first-order chi connectivity index (χ1) is 11.6. The van der Waals surface area contributed by atoms with Crippen LogP contribution >= 0.6 is 27.3 Å².